The van der Waals surface area contributed by atoms with Crippen molar-refractivity contribution in [3.05, 3.63) is 23.5 Å². The Labute approximate surface area is 92.6 Å². The van der Waals surface area contributed by atoms with Gasteiger partial charge >= 0.3 is 0 Å². The van der Waals surface area contributed by atoms with Crippen LogP contribution in [0.2, 0.25) is 0 Å². The summed E-state index contributed by atoms with van der Waals surface area (Å²) >= 11 is 0. The summed E-state index contributed by atoms with van der Waals surface area (Å²) in [5.41, 5.74) is 5.90. The van der Waals surface area contributed by atoms with E-state index < -0.39 is 11.7 Å². The molecule has 16 heavy (non-hydrogen) atoms. The van der Waals surface area contributed by atoms with Gasteiger partial charge in [0.15, 0.2) is 0 Å². The molecule has 86 valence electrons. The lowest BCUT2D eigenvalue weighted by Gasteiger charge is -2.10. The van der Waals surface area contributed by atoms with Gasteiger partial charge in [-0.1, -0.05) is 0 Å². The fraction of sp³-hybridized carbons (Fsp3) is 0.364. The second-order valence-electron chi connectivity index (χ2n) is 3.77. The first-order chi connectivity index (χ1) is 7.61. The van der Waals surface area contributed by atoms with Crippen molar-refractivity contribution in [2.75, 3.05) is 12.8 Å². The molecule has 4 nitrogen and oxygen atoms in total. The van der Waals surface area contributed by atoms with Gasteiger partial charge in [-0.3, -0.25) is 4.79 Å². The van der Waals surface area contributed by atoms with Crippen molar-refractivity contribution in [1.29, 1.82) is 0 Å². The number of ether oxygens (including phenoxy) is 1. The van der Waals surface area contributed by atoms with E-state index in [2.05, 4.69) is 5.32 Å². The maximum atomic E-state index is 13.5. The Morgan fingerprint density at radius 3 is 2.81 bits per heavy atom. The van der Waals surface area contributed by atoms with Gasteiger partial charge in [0, 0.05) is 13.1 Å². The fourth-order valence-corrected chi connectivity index (χ4v) is 1.35. The van der Waals surface area contributed by atoms with E-state index in [-0.39, 0.29) is 17.4 Å². The molecular formula is C11H13FN2O2. The van der Waals surface area contributed by atoms with Gasteiger partial charge < -0.3 is 15.8 Å². The molecular weight excluding hydrogens is 211 g/mol. The molecule has 1 saturated carbocycles. The van der Waals surface area contributed by atoms with Crippen molar-refractivity contribution in [2.24, 2.45) is 0 Å². The van der Waals surface area contributed by atoms with Gasteiger partial charge in [0.1, 0.15) is 11.6 Å². The quantitative estimate of drug-likeness (QED) is 0.761. The number of carbonyl (C=O) groups excluding carboxylic acids is 1. The van der Waals surface area contributed by atoms with Crippen molar-refractivity contribution in [3.63, 3.8) is 0 Å². The van der Waals surface area contributed by atoms with Gasteiger partial charge in [-0.15, -0.1) is 0 Å². The van der Waals surface area contributed by atoms with Gasteiger partial charge in [0.25, 0.3) is 5.91 Å². The first-order valence-corrected chi connectivity index (χ1v) is 5.09. The zero-order valence-corrected chi connectivity index (χ0v) is 8.92. The lowest BCUT2D eigenvalue weighted by Crippen LogP contribution is -2.19. The van der Waals surface area contributed by atoms with E-state index in [1.54, 1.807) is 0 Å². The zero-order valence-electron chi connectivity index (χ0n) is 8.92. The Morgan fingerprint density at radius 1 is 1.56 bits per heavy atom. The summed E-state index contributed by atoms with van der Waals surface area (Å²) in [6, 6.07) is 2.46. The molecule has 0 aromatic heterocycles. The van der Waals surface area contributed by atoms with Crippen LogP contribution in [0.5, 0.6) is 5.75 Å². The van der Waals surface area contributed by atoms with E-state index >= 15 is 0 Å². The van der Waals surface area contributed by atoms with Gasteiger partial charge in [0.05, 0.1) is 17.4 Å². The average molecular weight is 224 g/mol. The van der Waals surface area contributed by atoms with E-state index in [4.69, 9.17) is 10.5 Å². The monoisotopic (exact) mass is 224 g/mol. The van der Waals surface area contributed by atoms with Gasteiger partial charge in [-0.05, 0) is 18.9 Å². The van der Waals surface area contributed by atoms with Gasteiger partial charge in [-0.2, -0.15) is 0 Å². The standard InChI is InChI=1S/C11H13FN2O2/c1-14-11(15)7-4-9(13)10(5-8(7)12)16-6-2-3-6/h4-6H,2-3,13H2,1H3,(H,14,15). The van der Waals surface area contributed by atoms with Crippen LogP contribution < -0.4 is 15.8 Å². The third-order valence-corrected chi connectivity index (χ3v) is 2.39. The van der Waals surface area contributed by atoms with Crippen molar-refractivity contribution in [3.8, 4) is 5.75 Å². The van der Waals surface area contributed by atoms with Crippen molar-refractivity contribution < 1.29 is 13.9 Å². The van der Waals surface area contributed by atoms with E-state index in [1.807, 2.05) is 0 Å². The molecule has 1 fully saturated rings. The minimum atomic E-state index is -0.621. The number of anilines is 1. The third kappa shape index (κ3) is 2.08. The molecule has 0 heterocycles. The molecule has 1 aliphatic carbocycles. The summed E-state index contributed by atoms with van der Waals surface area (Å²) < 4.78 is 19.0. The third-order valence-electron chi connectivity index (χ3n) is 2.39. The molecule has 5 heteroatoms. The van der Waals surface area contributed by atoms with Crippen LogP contribution in [0.4, 0.5) is 10.1 Å². The minimum absolute atomic E-state index is 0.0665. The fourth-order valence-electron chi connectivity index (χ4n) is 1.35. The highest BCUT2D eigenvalue weighted by molar-refractivity contribution is 5.95. The Balaban J connectivity index is 2.29. The van der Waals surface area contributed by atoms with Crippen LogP contribution >= 0.6 is 0 Å². The number of nitrogen functional groups attached to an aromatic ring is 1. The number of hydrogen-bond donors (Lipinski definition) is 2. The Morgan fingerprint density at radius 2 is 2.25 bits per heavy atom. The Kier molecular flexibility index (Phi) is 2.68. The van der Waals surface area contributed by atoms with E-state index in [1.165, 1.54) is 13.1 Å². The molecule has 0 radical (unpaired) electrons. The highest BCUT2D eigenvalue weighted by Crippen LogP contribution is 2.32. The van der Waals surface area contributed by atoms with Crippen molar-refractivity contribution in [2.45, 2.75) is 18.9 Å². The number of nitrogens with one attached hydrogen (secondary N) is 1. The molecule has 1 aromatic rings. The molecule has 0 bridgehead atoms. The first-order valence-electron chi connectivity index (χ1n) is 5.09. The summed E-state index contributed by atoms with van der Waals surface area (Å²) in [5, 5.41) is 2.35. The molecule has 1 amide bonds. The van der Waals surface area contributed by atoms with Crippen LogP contribution in [0.1, 0.15) is 23.2 Å². The molecule has 3 N–H and O–H groups in total. The molecule has 2 rings (SSSR count). The van der Waals surface area contributed by atoms with Crippen LogP contribution in [-0.4, -0.2) is 19.1 Å². The number of carbonyl (C=O) groups is 1. The summed E-state index contributed by atoms with van der Waals surface area (Å²) in [5.74, 6) is -0.806. The van der Waals surface area contributed by atoms with Crippen molar-refractivity contribution >= 4 is 11.6 Å². The molecule has 0 atom stereocenters. The molecule has 0 unspecified atom stereocenters. The lowest BCUT2D eigenvalue weighted by molar-refractivity contribution is 0.0959. The van der Waals surface area contributed by atoms with Crippen LogP contribution in [0.25, 0.3) is 0 Å². The predicted octanol–water partition coefficient (Wildman–Crippen LogP) is 1.31. The highest BCUT2D eigenvalue weighted by Gasteiger charge is 2.25. The molecule has 0 spiro atoms. The number of halogens is 1. The van der Waals surface area contributed by atoms with Crippen LogP contribution in [0.15, 0.2) is 12.1 Å². The van der Waals surface area contributed by atoms with E-state index in [0.29, 0.717) is 5.75 Å². The van der Waals surface area contributed by atoms with E-state index in [0.717, 1.165) is 18.9 Å². The summed E-state index contributed by atoms with van der Waals surface area (Å²) in [7, 11) is 1.44. The topological polar surface area (TPSA) is 64.4 Å². The average Bonchev–Trinajstić information content (AvgIpc) is 3.05. The lowest BCUT2D eigenvalue weighted by atomic mass is 10.1. The number of nitrogens with two attached hydrogens (primary N) is 1. The number of hydrogen-bond acceptors (Lipinski definition) is 3. The number of benzene rings is 1. The molecule has 1 aromatic carbocycles. The maximum absolute atomic E-state index is 13.5. The minimum Gasteiger partial charge on any atom is -0.488 e. The SMILES string of the molecule is CNC(=O)c1cc(N)c(OC2CC2)cc1F. The number of rotatable bonds is 3. The Hall–Kier alpha value is -1.78. The first kappa shape index (κ1) is 10.7. The summed E-state index contributed by atoms with van der Waals surface area (Å²) in [6.45, 7) is 0. The van der Waals surface area contributed by atoms with Gasteiger partial charge in [0.2, 0.25) is 0 Å². The second kappa shape index (κ2) is 4.00. The Bertz CT molecular complexity index is 430. The number of amides is 1. The normalized spacial score (nSPS) is 14.6. The van der Waals surface area contributed by atoms with Crippen LogP contribution in [0, 0.1) is 5.82 Å². The zero-order chi connectivity index (χ0) is 11.7. The van der Waals surface area contributed by atoms with E-state index in [9.17, 15) is 9.18 Å². The molecule has 0 aliphatic heterocycles. The molecule has 0 saturated heterocycles. The van der Waals surface area contributed by atoms with Crippen LogP contribution in [-0.2, 0) is 0 Å². The second-order valence-corrected chi connectivity index (χ2v) is 3.77. The van der Waals surface area contributed by atoms with Crippen molar-refractivity contribution in [1.82, 2.24) is 5.32 Å². The predicted molar refractivity (Wildman–Crippen MR) is 57.9 cm³/mol. The van der Waals surface area contributed by atoms with Crippen LogP contribution in [0.3, 0.4) is 0 Å². The van der Waals surface area contributed by atoms with Gasteiger partial charge in [-0.25, -0.2) is 4.39 Å². The summed E-state index contributed by atoms with van der Waals surface area (Å²) in [6.07, 6.45) is 2.09. The molecule has 1 aliphatic rings. The highest BCUT2D eigenvalue weighted by atomic mass is 19.1. The maximum Gasteiger partial charge on any atom is 0.254 e. The largest absolute Gasteiger partial charge is 0.488 e. The smallest absolute Gasteiger partial charge is 0.254 e. The summed E-state index contributed by atoms with van der Waals surface area (Å²) in [4.78, 5) is 11.3.